The predicted octanol–water partition coefficient (Wildman–Crippen LogP) is 4.91. The molecule has 0 spiro atoms. The van der Waals surface area contributed by atoms with Gasteiger partial charge in [0.1, 0.15) is 5.75 Å². The number of aromatic nitrogens is 2. The van der Waals surface area contributed by atoms with Crippen LogP contribution in [0, 0.1) is 0 Å². The molecule has 36 heavy (non-hydrogen) atoms. The molecule has 0 fully saturated rings. The van der Waals surface area contributed by atoms with Crippen LogP contribution < -0.4 is 4.74 Å². The van der Waals surface area contributed by atoms with Gasteiger partial charge in [-0.25, -0.2) is 4.68 Å². The molecule has 7 heteroatoms. The molecule has 0 atom stereocenters. The van der Waals surface area contributed by atoms with Crippen LogP contribution in [0.3, 0.4) is 0 Å². The lowest BCUT2D eigenvalue weighted by molar-refractivity contribution is 0.0745. The lowest BCUT2D eigenvalue weighted by Gasteiger charge is -2.20. The van der Waals surface area contributed by atoms with Crippen LogP contribution in [0.2, 0.25) is 0 Å². The second-order valence-corrected chi connectivity index (χ2v) is 8.61. The Morgan fingerprint density at radius 2 is 1.56 bits per heavy atom. The summed E-state index contributed by atoms with van der Waals surface area (Å²) in [6.45, 7) is 2.88. The Morgan fingerprint density at radius 1 is 0.889 bits per heavy atom. The number of carbonyl (C=O) groups excluding carboxylic acids is 2. The zero-order valence-electron chi connectivity index (χ0n) is 21.0. The first-order valence-corrected chi connectivity index (χ1v) is 11.8. The van der Waals surface area contributed by atoms with Crippen molar-refractivity contribution in [2.75, 3.05) is 27.7 Å². The highest BCUT2D eigenvalue weighted by Crippen LogP contribution is 2.27. The van der Waals surface area contributed by atoms with Gasteiger partial charge in [-0.3, -0.25) is 9.59 Å². The molecule has 0 aliphatic carbocycles. The molecule has 7 nitrogen and oxygen atoms in total. The SMILES string of the molecule is CCN(Cc1ccc(C(=O)N(C)C)cc1)C(=O)c1cc(-c2ccc(OC)cc2)n(-c2ccccc2)n1. The Hall–Kier alpha value is -4.39. The van der Waals surface area contributed by atoms with Crippen molar-refractivity contribution >= 4 is 11.8 Å². The predicted molar refractivity (Wildman–Crippen MR) is 140 cm³/mol. The molecule has 1 heterocycles. The molecule has 0 saturated carbocycles. The monoisotopic (exact) mass is 482 g/mol. The Kier molecular flexibility index (Phi) is 7.49. The van der Waals surface area contributed by atoms with E-state index in [0.29, 0.717) is 24.3 Å². The number of carbonyl (C=O) groups is 2. The Balaban J connectivity index is 1.63. The molecule has 3 aromatic carbocycles. The molecule has 0 radical (unpaired) electrons. The Morgan fingerprint density at radius 3 is 2.14 bits per heavy atom. The topological polar surface area (TPSA) is 67.7 Å². The standard InChI is InChI=1S/C29H30N4O3/c1-5-32(20-21-11-13-23(14-12-21)28(34)31(2)3)29(35)26-19-27(22-15-17-25(36-4)18-16-22)33(30-26)24-9-7-6-8-10-24/h6-19H,5,20H2,1-4H3. The van der Waals surface area contributed by atoms with E-state index in [1.54, 1.807) is 47.8 Å². The molecule has 0 aliphatic heterocycles. The van der Waals surface area contributed by atoms with Gasteiger partial charge in [-0.05, 0) is 67.1 Å². The van der Waals surface area contributed by atoms with Crippen molar-refractivity contribution in [2.24, 2.45) is 0 Å². The van der Waals surface area contributed by atoms with Crippen molar-refractivity contribution in [3.8, 4) is 22.7 Å². The molecular weight excluding hydrogens is 452 g/mol. The van der Waals surface area contributed by atoms with Gasteiger partial charge in [0.15, 0.2) is 5.69 Å². The molecule has 0 unspecified atom stereocenters. The molecule has 0 bridgehead atoms. The van der Waals surface area contributed by atoms with Gasteiger partial charge in [0.25, 0.3) is 11.8 Å². The molecular formula is C29H30N4O3. The minimum absolute atomic E-state index is 0.0533. The van der Waals surface area contributed by atoms with Crippen LogP contribution in [-0.2, 0) is 6.54 Å². The first kappa shape index (κ1) is 24.7. The zero-order valence-corrected chi connectivity index (χ0v) is 21.0. The van der Waals surface area contributed by atoms with Gasteiger partial charge in [-0.1, -0.05) is 30.3 Å². The zero-order chi connectivity index (χ0) is 25.7. The summed E-state index contributed by atoms with van der Waals surface area (Å²) in [6.07, 6.45) is 0. The highest BCUT2D eigenvalue weighted by atomic mass is 16.5. The van der Waals surface area contributed by atoms with Gasteiger partial charge in [0, 0.05) is 38.3 Å². The second kappa shape index (κ2) is 10.9. The summed E-state index contributed by atoms with van der Waals surface area (Å²) in [5, 5.41) is 4.71. The first-order chi connectivity index (χ1) is 17.4. The van der Waals surface area contributed by atoms with Crippen molar-refractivity contribution in [3.05, 3.63) is 102 Å². The summed E-state index contributed by atoms with van der Waals surface area (Å²) in [7, 11) is 5.08. The van der Waals surface area contributed by atoms with E-state index in [1.165, 1.54) is 0 Å². The first-order valence-electron chi connectivity index (χ1n) is 11.8. The molecule has 4 aromatic rings. The van der Waals surface area contributed by atoms with Crippen molar-refractivity contribution in [1.82, 2.24) is 19.6 Å². The maximum Gasteiger partial charge on any atom is 0.274 e. The minimum Gasteiger partial charge on any atom is -0.497 e. The molecule has 0 saturated heterocycles. The third-order valence-electron chi connectivity index (χ3n) is 5.96. The molecule has 0 N–H and O–H groups in total. The number of hydrogen-bond donors (Lipinski definition) is 0. The van der Waals surface area contributed by atoms with E-state index < -0.39 is 0 Å². The number of rotatable bonds is 8. The summed E-state index contributed by atoms with van der Waals surface area (Å²) >= 11 is 0. The van der Waals surface area contributed by atoms with Crippen LogP contribution in [0.15, 0.2) is 84.9 Å². The van der Waals surface area contributed by atoms with Crippen molar-refractivity contribution in [1.29, 1.82) is 0 Å². The fraction of sp³-hybridized carbons (Fsp3) is 0.207. The van der Waals surface area contributed by atoms with Crippen molar-refractivity contribution < 1.29 is 14.3 Å². The molecule has 184 valence electrons. The van der Waals surface area contributed by atoms with Crippen LogP contribution in [0.25, 0.3) is 16.9 Å². The lowest BCUT2D eigenvalue weighted by Crippen LogP contribution is -2.30. The van der Waals surface area contributed by atoms with Gasteiger partial charge in [0.2, 0.25) is 0 Å². The summed E-state index contributed by atoms with van der Waals surface area (Å²) in [5.41, 5.74) is 4.53. The smallest absolute Gasteiger partial charge is 0.274 e. The van der Waals surface area contributed by atoms with Gasteiger partial charge in [0.05, 0.1) is 18.5 Å². The third-order valence-corrected chi connectivity index (χ3v) is 5.96. The van der Waals surface area contributed by atoms with E-state index in [0.717, 1.165) is 28.3 Å². The summed E-state index contributed by atoms with van der Waals surface area (Å²) in [6, 6.07) is 26.6. The number of hydrogen-bond acceptors (Lipinski definition) is 4. The van der Waals surface area contributed by atoms with Crippen LogP contribution >= 0.6 is 0 Å². The van der Waals surface area contributed by atoms with Crippen LogP contribution in [-0.4, -0.2) is 59.1 Å². The van der Waals surface area contributed by atoms with Gasteiger partial charge in [-0.15, -0.1) is 0 Å². The average Bonchev–Trinajstić information content (AvgIpc) is 3.37. The Bertz CT molecular complexity index is 1330. The maximum atomic E-state index is 13.5. The Labute approximate surface area is 211 Å². The fourth-order valence-corrected chi connectivity index (χ4v) is 3.94. The largest absolute Gasteiger partial charge is 0.497 e. The highest BCUT2D eigenvalue weighted by Gasteiger charge is 2.21. The van der Waals surface area contributed by atoms with E-state index >= 15 is 0 Å². The van der Waals surface area contributed by atoms with Crippen molar-refractivity contribution in [3.63, 3.8) is 0 Å². The van der Waals surface area contributed by atoms with E-state index in [4.69, 9.17) is 9.84 Å². The third kappa shape index (κ3) is 5.30. The highest BCUT2D eigenvalue weighted by molar-refractivity contribution is 5.94. The lowest BCUT2D eigenvalue weighted by atomic mass is 10.1. The van der Waals surface area contributed by atoms with Crippen molar-refractivity contribution in [2.45, 2.75) is 13.5 Å². The molecule has 4 rings (SSSR count). The second-order valence-electron chi connectivity index (χ2n) is 8.61. The van der Waals surface area contributed by atoms with E-state index in [-0.39, 0.29) is 11.8 Å². The summed E-state index contributed by atoms with van der Waals surface area (Å²) in [4.78, 5) is 29.0. The minimum atomic E-state index is -0.157. The quantitative estimate of drug-likeness (QED) is 0.358. The van der Waals surface area contributed by atoms with Gasteiger partial charge >= 0.3 is 0 Å². The maximum absolute atomic E-state index is 13.5. The van der Waals surface area contributed by atoms with E-state index in [9.17, 15) is 9.59 Å². The fourth-order valence-electron chi connectivity index (χ4n) is 3.94. The van der Waals surface area contributed by atoms with Crippen LogP contribution in [0.5, 0.6) is 5.75 Å². The normalized spacial score (nSPS) is 10.7. The number of methoxy groups -OCH3 is 1. The molecule has 1 aromatic heterocycles. The molecule has 0 aliphatic rings. The van der Waals surface area contributed by atoms with E-state index in [2.05, 4.69) is 0 Å². The number of benzene rings is 3. The summed E-state index contributed by atoms with van der Waals surface area (Å²) < 4.78 is 7.09. The summed E-state index contributed by atoms with van der Waals surface area (Å²) in [5.74, 6) is 0.550. The number of para-hydroxylation sites is 1. The van der Waals surface area contributed by atoms with Gasteiger partial charge < -0.3 is 14.5 Å². The number of nitrogens with zero attached hydrogens (tertiary/aromatic N) is 4. The van der Waals surface area contributed by atoms with E-state index in [1.807, 2.05) is 79.7 Å². The average molecular weight is 483 g/mol. The van der Waals surface area contributed by atoms with Crippen LogP contribution in [0.4, 0.5) is 0 Å². The number of amides is 2. The van der Waals surface area contributed by atoms with Gasteiger partial charge in [-0.2, -0.15) is 5.10 Å². The number of ether oxygens (including phenoxy) is 1. The molecule has 2 amide bonds. The van der Waals surface area contributed by atoms with Crippen LogP contribution in [0.1, 0.15) is 33.3 Å².